The van der Waals surface area contributed by atoms with Crippen LogP contribution >= 0.6 is 11.8 Å². The van der Waals surface area contributed by atoms with E-state index >= 15 is 0 Å². The molecule has 0 unspecified atom stereocenters. The van der Waals surface area contributed by atoms with E-state index < -0.39 is 0 Å². The second-order valence-electron chi connectivity index (χ2n) is 7.07. The summed E-state index contributed by atoms with van der Waals surface area (Å²) in [6.07, 6.45) is 1.61. The number of likely N-dealkylation sites (tertiary alicyclic amines) is 1. The number of rotatable bonds is 5. The summed E-state index contributed by atoms with van der Waals surface area (Å²) >= 11 is 1.04. The van der Waals surface area contributed by atoms with Crippen LogP contribution in [-0.2, 0) is 16.0 Å². The molecule has 2 aliphatic rings. The summed E-state index contributed by atoms with van der Waals surface area (Å²) in [6.45, 7) is 1.02. The van der Waals surface area contributed by atoms with Gasteiger partial charge in [-0.05, 0) is 29.7 Å². The predicted octanol–water partition coefficient (Wildman–Crippen LogP) is 3.08. The van der Waals surface area contributed by atoms with Gasteiger partial charge in [0, 0.05) is 25.1 Å². The number of ether oxygens (including phenoxy) is 1. The molecule has 0 radical (unpaired) electrons. The number of carbonyl (C=O) groups excluding carboxylic acids is 3. The Balaban J connectivity index is 1.44. The fourth-order valence-electron chi connectivity index (χ4n) is 4.05. The van der Waals surface area contributed by atoms with Gasteiger partial charge in [-0.15, -0.1) is 0 Å². The van der Waals surface area contributed by atoms with E-state index in [1.165, 1.54) is 4.90 Å². The molecule has 7 heteroatoms. The molecule has 2 saturated heterocycles. The molecule has 0 bridgehead atoms. The van der Waals surface area contributed by atoms with Gasteiger partial charge in [-0.2, -0.15) is 0 Å². The Morgan fingerprint density at radius 1 is 1.21 bits per heavy atom. The topological polar surface area (TPSA) is 66.9 Å². The Labute approximate surface area is 167 Å². The Hall–Kier alpha value is -2.54. The number of hydrogen-bond donors (Lipinski definition) is 0. The number of methoxy groups -OCH3 is 1. The zero-order chi connectivity index (χ0) is 19.7. The third kappa shape index (κ3) is 3.46. The number of nitrogens with zero attached hydrogens (tertiary/aromatic N) is 2. The highest BCUT2D eigenvalue weighted by Gasteiger charge is 2.40. The first kappa shape index (κ1) is 18.8. The fourth-order valence-corrected chi connectivity index (χ4v) is 4.83. The minimum atomic E-state index is -0.190. The largest absolute Gasteiger partial charge is 0.496 e. The molecule has 1 atom stereocenters. The van der Waals surface area contributed by atoms with Crippen LogP contribution in [0.15, 0.2) is 36.4 Å². The quantitative estimate of drug-likeness (QED) is 0.774. The van der Waals surface area contributed by atoms with Crippen molar-refractivity contribution in [3.8, 4) is 5.75 Å². The van der Waals surface area contributed by atoms with Crippen molar-refractivity contribution < 1.29 is 19.1 Å². The number of thioether (sulfide) groups is 1. The van der Waals surface area contributed by atoms with Crippen LogP contribution in [0.4, 0.5) is 4.79 Å². The van der Waals surface area contributed by atoms with Crippen LogP contribution in [0.3, 0.4) is 0 Å². The normalized spacial score (nSPS) is 19.7. The molecule has 3 amide bonds. The maximum Gasteiger partial charge on any atom is 0.289 e. The van der Waals surface area contributed by atoms with Crippen LogP contribution in [0.1, 0.15) is 18.4 Å². The lowest BCUT2D eigenvalue weighted by Crippen LogP contribution is -2.41. The first-order chi connectivity index (χ1) is 13.6. The SMILES string of the molecule is COc1ccc2ccccc2c1CCC(=O)N1CC[C@@H](N2C(=O)CSC2=O)C1. The minimum Gasteiger partial charge on any atom is -0.496 e. The number of amides is 3. The van der Waals surface area contributed by atoms with Gasteiger partial charge in [-0.3, -0.25) is 19.3 Å². The number of aryl methyl sites for hydroxylation is 1. The van der Waals surface area contributed by atoms with Crippen LogP contribution in [0.25, 0.3) is 10.8 Å². The fraction of sp³-hybridized carbons (Fsp3) is 0.381. The zero-order valence-corrected chi connectivity index (χ0v) is 16.5. The average molecular weight is 398 g/mol. The molecule has 2 aromatic carbocycles. The number of carbonyl (C=O) groups is 3. The molecule has 0 aliphatic carbocycles. The van der Waals surface area contributed by atoms with Crippen molar-refractivity contribution in [3.63, 3.8) is 0 Å². The maximum atomic E-state index is 12.8. The molecule has 0 N–H and O–H groups in total. The third-order valence-electron chi connectivity index (χ3n) is 5.47. The third-order valence-corrected chi connectivity index (χ3v) is 6.31. The summed E-state index contributed by atoms with van der Waals surface area (Å²) in [5, 5.41) is 2.03. The number of imide groups is 1. The van der Waals surface area contributed by atoms with Crippen molar-refractivity contribution in [1.82, 2.24) is 9.80 Å². The highest BCUT2D eigenvalue weighted by Crippen LogP contribution is 2.30. The average Bonchev–Trinajstić information content (AvgIpc) is 3.32. The standard InChI is InChI=1S/C21H22N2O4S/c1-27-18-8-6-14-4-2-3-5-16(14)17(18)7-9-19(24)22-11-10-15(12-22)23-20(25)13-28-21(23)26/h2-6,8,15H,7,9-13H2,1H3/t15-/m1/s1. The van der Waals surface area contributed by atoms with Gasteiger partial charge in [-0.1, -0.05) is 42.1 Å². The summed E-state index contributed by atoms with van der Waals surface area (Å²) in [5.41, 5.74) is 1.03. The molecule has 28 heavy (non-hydrogen) atoms. The first-order valence-corrected chi connectivity index (χ1v) is 10.4. The summed E-state index contributed by atoms with van der Waals surface area (Å²) in [6, 6.07) is 11.8. The van der Waals surface area contributed by atoms with E-state index in [4.69, 9.17) is 4.74 Å². The lowest BCUT2D eigenvalue weighted by atomic mass is 9.99. The van der Waals surface area contributed by atoms with Crippen molar-refractivity contribution in [1.29, 1.82) is 0 Å². The van der Waals surface area contributed by atoms with Gasteiger partial charge in [0.1, 0.15) is 5.75 Å². The second-order valence-corrected chi connectivity index (χ2v) is 7.99. The molecule has 4 rings (SSSR count). The minimum absolute atomic E-state index is 0.0456. The number of benzene rings is 2. The van der Waals surface area contributed by atoms with Gasteiger partial charge in [0.2, 0.25) is 11.8 Å². The zero-order valence-electron chi connectivity index (χ0n) is 15.7. The lowest BCUT2D eigenvalue weighted by Gasteiger charge is -2.22. The molecule has 146 valence electrons. The van der Waals surface area contributed by atoms with Gasteiger partial charge in [-0.25, -0.2) is 0 Å². The van der Waals surface area contributed by atoms with E-state index in [0.29, 0.717) is 32.4 Å². The smallest absolute Gasteiger partial charge is 0.289 e. The molecular formula is C21H22N2O4S. The maximum absolute atomic E-state index is 12.8. The molecule has 2 fully saturated rings. The van der Waals surface area contributed by atoms with Gasteiger partial charge in [0.15, 0.2) is 0 Å². The summed E-state index contributed by atoms with van der Waals surface area (Å²) in [4.78, 5) is 39.7. The Morgan fingerprint density at radius 2 is 2.04 bits per heavy atom. The molecule has 2 heterocycles. The summed E-state index contributed by atoms with van der Waals surface area (Å²) in [7, 11) is 1.64. The number of fused-ring (bicyclic) bond motifs is 1. The Bertz CT molecular complexity index is 929. The second kappa shape index (κ2) is 7.83. The summed E-state index contributed by atoms with van der Waals surface area (Å²) < 4.78 is 5.51. The molecule has 0 aromatic heterocycles. The molecular weight excluding hydrogens is 376 g/mol. The Kier molecular flexibility index (Phi) is 5.26. The molecule has 6 nitrogen and oxygen atoms in total. The van der Waals surface area contributed by atoms with Gasteiger partial charge < -0.3 is 9.64 Å². The Morgan fingerprint density at radius 3 is 2.79 bits per heavy atom. The van der Waals surface area contributed by atoms with Crippen LogP contribution in [0.2, 0.25) is 0 Å². The van der Waals surface area contributed by atoms with Crippen LogP contribution in [-0.4, -0.2) is 58.8 Å². The van der Waals surface area contributed by atoms with E-state index in [0.717, 1.165) is 33.8 Å². The van der Waals surface area contributed by atoms with E-state index in [1.54, 1.807) is 12.0 Å². The van der Waals surface area contributed by atoms with Crippen molar-refractivity contribution in [3.05, 3.63) is 42.0 Å². The van der Waals surface area contributed by atoms with E-state index in [1.807, 2.05) is 36.4 Å². The monoisotopic (exact) mass is 398 g/mol. The summed E-state index contributed by atoms with van der Waals surface area (Å²) in [5.74, 6) is 0.902. The van der Waals surface area contributed by atoms with Crippen LogP contribution in [0, 0.1) is 0 Å². The van der Waals surface area contributed by atoms with E-state index in [2.05, 4.69) is 0 Å². The van der Waals surface area contributed by atoms with E-state index in [-0.39, 0.29) is 28.8 Å². The van der Waals surface area contributed by atoms with Crippen LogP contribution < -0.4 is 4.74 Å². The van der Waals surface area contributed by atoms with Crippen LogP contribution in [0.5, 0.6) is 5.75 Å². The predicted molar refractivity (Wildman–Crippen MR) is 109 cm³/mol. The molecule has 2 aromatic rings. The van der Waals surface area contributed by atoms with Gasteiger partial charge >= 0.3 is 0 Å². The highest BCUT2D eigenvalue weighted by atomic mass is 32.2. The van der Waals surface area contributed by atoms with E-state index in [9.17, 15) is 14.4 Å². The van der Waals surface area contributed by atoms with Gasteiger partial charge in [0.25, 0.3) is 5.24 Å². The lowest BCUT2D eigenvalue weighted by molar-refractivity contribution is -0.131. The highest BCUT2D eigenvalue weighted by molar-refractivity contribution is 8.14. The van der Waals surface area contributed by atoms with Gasteiger partial charge in [0.05, 0.1) is 18.9 Å². The van der Waals surface area contributed by atoms with Crippen molar-refractivity contribution in [2.75, 3.05) is 26.0 Å². The molecule has 0 spiro atoms. The van der Waals surface area contributed by atoms with Crippen molar-refractivity contribution in [2.45, 2.75) is 25.3 Å². The first-order valence-electron chi connectivity index (χ1n) is 9.39. The molecule has 0 saturated carbocycles. The van der Waals surface area contributed by atoms with Crippen molar-refractivity contribution in [2.24, 2.45) is 0 Å². The molecule has 2 aliphatic heterocycles. The van der Waals surface area contributed by atoms with Crippen molar-refractivity contribution >= 4 is 39.6 Å². The number of hydrogen-bond acceptors (Lipinski definition) is 5.